The van der Waals surface area contributed by atoms with Crippen molar-refractivity contribution >= 4 is 17.0 Å². The van der Waals surface area contributed by atoms with Crippen LogP contribution in [0.25, 0.3) is 11.1 Å². The number of hydrogen-bond donors (Lipinski definition) is 3. The first-order chi connectivity index (χ1) is 9.95. The second kappa shape index (κ2) is 4.78. The van der Waals surface area contributed by atoms with Gasteiger partial charge in [0.15, 0.2) is 5.58 Å². The summed E-state index contributed by atoms with van der Waals surface area (Å²) < 4.78 is 6.80. The highest BCUT2D eigenvalue weighted by molar-refractivity contribution is 5.96. The number of aliphatic hydroxyl groups is 1. The Labute approximate surface area is 120 Å². The van der Waals surface area contributed by atoms with E-state index in [4.69, 9.17) is 4.42 Å². The zero-order chi connectivity index (χ0) is 15.0. The highest BCUT2D eigenvalue weighted by atomic mass is 16.3. The topological polar surface area (TPSA) is 96.1 Å². The third kappa shape index (κ3) is 2.55. The summed E-state index contributed by atoms with van der Waals surface area (Å²) in [7, 11) is 1.77. The number of aryl methyl sites for hydroxylation is 1. The molecule has 0 aliphatic rings. The highest BCUT2D eigenvalue weighted by Crippen LogP contribution is 2.19. The van der Waals surface area contributed by atoms with Crippen LogP contribution in [0.2, 0.25) is 0 Å². The Bertz CT molecular complexity index is 752. The molecule has 0 spiro atoms. The Balaban J connectivity index is 1.69. The van der Waals surface area contributed by atoms with E-state index in [1.165, 1.54) is 0 Å². The molecule has 0 bridgehead atoms. The van der Waals surface area contributed by atoms with E-state index in [1.807, 2.05) is 0 Å². The number of fused-ring (bicyclic) bond motifs is 1. The van der Waals surface area contributed by atoms with Crippen molar-refractivity contribution in [2.24, 2.45) is 7.05 Å². The van der Waals surface area contributed by atoms with Crippen molar-refractivity contribution in [2.45, 2.75) is 12.5 Å². The number of nitrogens with one attached hydrogen (secondary N) is 2. The minimum Gasteiger partial charge on any atom is -0.463 e. The third-order valence-corrected chi connectivity index (χ3v) is 3.40. The van der Waals surface area contributed by atoms with Crippen LogP contribution in [0.5, 0.6) is 0 Å². The number of furan rings is 1. The molecule has 0 aliphatic carbocycles. The summed E-state index contributed by atoms with van der Waals surface area (Å²) in [6.45, 7) is 1.71. The van der Waals surface area contributed by atoms with E-state index in [2.05, 4.69) is 15.4 Å². The monoisotopic (exact) mass is 288 g/mol. The van der Waals surface area contributed by atoms with Gasteiger partial charge >= 0.3 is 0 Å². The van der Waals surface area contributed by atoms with E-state index in [-0.39, 0.29) is 12.5 Å². The number of carbonyl (C=O) groups is 1. The van der Waals surface area contributed by atoms with E-state index in [9.17, 15) is 9.90 Å². The third-order valence-electron chi connectivity index (χ3n) is 3.40. The Morgan fingerprint density at radius 3 is 3.10 bits per heavy atom. The van der Waals surface area contributed by atoms with Gasteiger partial charge in [-0.1, -0.05) is 0 Å². The van der Waals surface area contributed by atoms with E-state index in [0.717, 1.165) is 5.52 Å². The van der Waals surface area contributed by atoms with Gasteiger partial charge in [0, 0.05) is 30.9 Å². The summed E-state index contributed by atoms with van der Waals surface area (Å²) in [6, 6.07) is 3.38. The molecule has 3 aromatic heterocycles. The van der Waals surface area contributed by atoms with Crippen LogP contribution in [0, 0.1) is 0 Å². The van der Waals surface area contributed by atoms with Gasteiger partial charge in [-0.05, 0) is 6.92 Å². The fraction of sp³-hybridized carbons (Fsp3) is 0.286. The van der Waals surface area contributed by atoms with Gasteiger partial charge in [0.2, 0.25) is 0 Å². The number of aromatic amines is 1. The van der Waals surface area contributed by atoms with Crippen molar-refractivity contribution in [3.63, 3.8) is 0 Å². The van der Waals surface area contributed by atoms with Crippen molar-refractivity contribution in [1.29, 1.82) is 0 Å². The summed E-state index contributed by atoms with van der Waals surface area (Å²) in [4.78, 5) is 15.0. The van der Waals surface area contributed by atoms with Gasteiger partial charge in [-0.15, -0.1) is 0 Å². The molecule has 3 heterocycles. The zero-order valence-electron chi connectivity index (χ0n) is 11.8. The van der Waals surface area contributed by atoms with Gasteiger partial charge < -0.3 is 19.8 Å². The first kappa shape index (κ1) is 13.4. The van der Waals surface area contributed by atoms with Crippen molar-refractivity contribution in [3.8, 4) is 0 Å². The Morgan fingerprint density at radius 2 is 2.43 bits per heavy atom. The number of rotatable bonds is 4. The van der Waals surface area contributed by atoms with Crippen LogP contribution in [-0.4, -0.2) is 32.3 Å². The molecule has 110 valence electrons. The molecule has 0 aromatic carbocycles. The van der Waals surface area contributed by atoms with Crippen LogP contribution in [0.4, 0.5) is 0 Å². The number of carbonyl (C=O) groups excluding carboxylic acids is 1. The van der Waals surface area contributed by atoms with Gasteiger partial charge in [0.1, 0.15) is 11.3 Å². The molecular formula is C14H16N4O3. The lowest BCUT2D eigenvalue weighted by Gasteiger charge is -2.22. The van der Waals surface area contributed by atoms with Crippen LogP contribution < -0.4 is 5.32 Å². The fourth-order valence-electron chi connectivity index (χ4n) is 2.12. The molecule has 0 saturated carbocycles. The first-order valence-corrected chi connectivity index (χ1v) is 6.51. The lowest BCUT2D eigenvalue weighted by atomic mass is 10.00. The standard InChI is InChI=1S/C14H16N4O3/c1-14(20,9-6-16-18(2)7-9)8-15-13(19)11-5-12-10(17-11)3-4-21-12/h3-7,17,20H,8H2,1-2H3,(H,15,19). The first-order valence-electron chi connectivity index (χ1n) is 6.51. The van der Waals surface area contributed by atoms with Crippen LogP contribution in [-0.2, 0) is 12.6 Å². The second-order valence-corrected chi connectivity index (χ2v) is 5.24. The Morgan fingerprint density at radius 1 is 1.62 bits per heavy atom. The number of amides is 1. The SMILES string of the molecule is Cn1cc(C(C)(O)CNC(=O)c2cc3occc3[nH]2)cn1. The normalized spacial score (nSPS) is 14.2. The zero-order valence-corrected chi connectivity index (χ0v) is 11.8. The molecule has 21 heavy (non-hydrogen) atoms. The fourth-order valence-corrected chi connectivity index (χ4v) is 2.12. The summed E-state index contributed by atoms with van der Waals surface area (Å²) in [5, 5.41) is 17.1. The van der Waals surface area contributed by atoms with Gasteiger partial charge in [-0.3, -0.25) is 9.48 Å². The number of H-pyrrole nitrogens is 1. The van der Waals surface area contributed by atoms with Crippen molar-refractivity contribution in [1.82, 2.24) is 20.1 Å². The maximum absolute atomic E-state index is 12.1. The maximum Gasteiger partial charge on any atom is 0.267 e. The number of hydrogen-bond acceptors (Lipinski definition) is 4. The highest BCUT2D eigenvalue weighted by Gasteiger charge is 2.26. The quantitative estimate of drug-likeness (QED) is 0.670. The van der Waals surface area contributed by atoms with Crippen LogP contribution in [0.3, 0.4) is 0 Å². The lowest BCUT2D eigenvalue weighted by Crippen LogP contribution is -2.38. The molecule has 1 atom stereocenters. The average molecular weight is 288 g/mol. The van der Waals surface area contributed by atoms with E-state index < -0.39 is 5.60 Å². The minimum absolute atomic E-state index is 0.0813. The van der Waals surface area contributed by atoms with Crippen molar-refractivity contribution in [3.05, 3.63) is 42.0 Å². The smallest absolute Gasteiger partial charge is 0.267 e. The molecule has 7 heteroatoms. The molecule has 3 rings (SSSR count). The van der Waals surface area contributed by atoms with E-state index >= 15 is 0 Å². The van der Waals surface area contributed by atoms with Crippen LogP contribution >= 0.6 is 0 Å². The van der Waals surface area contributed by atoms with Crippen LogP contribution in [0.1, 0.15) is 23.0 Å². The molecule has 0 aliphatic heterocycles. The van der Waals surface area contributed by atoms with Gasteiger partial charge in [-0.25, -0.2) is 0 Å². The molecule has 1 amide bonds. The Kier molecular flexibility index (Phi) is 3.06. The summed E-state index contributed by atoms with van der Waals surface area (Å²) in [5.41, 5.74) is 1.24. The molecule has 0 saturated heterocycles. The van der Waals surface area contributed by atoms with Gasteiger partial charge in [-0.2, -0.15) is 5.10 Å². The predicted octanol–water partition coefficient (Wildman–Crippen LogP) is 1.13. The largest absolute Gasteiger partial charge is 0.463 e. The number of nitrogens with zero attached hydrogens (tertiary/aromatic N) is 2. The predicted molar refractivity (Wildman–Crippen MR) is 75.7 cm³/mol. The van der Waals surface area contributed by atoms with Gasteiger partial charge in [0.05, 0.1) is 24.5 Å². The molecule has 1 unspecified atom stereocenters. The minimum atomic E-state index is -1.18. The lowest BCUT2D eigenvalue weighted by molar-refractivity contribution is 0.0524. The van der Waals surface area contributed by atoms with Gasteiger partial charge in [0.25, 0.3) is 5.91 Å². The second-order valence-electron chi connectivity index (χ2n) is 5.24. The van der Waals surface area contributed by atoms with Crippen molar-refractivity contribution in [2.75, 3.05) is 6.54 Å². The van der Waals surface area contributed by atoms with E-state index in [1.54, 1.807) is 49.4 Å². The molecule has 0 radical (unpaired) electrons. The summed E-state index contributed by atoms with van der Waals surface area (Å²) in [5.74, 6) is -0.300. The summed E-state index contributed by atoms with van der Waals surface area (Å²) >= 11 is 0. The molecule has 3 N–H and O–H groups in total. The maximum atomic E-state index is 12.1. The summed E-state index contributed by atoms with van der Waals surface area (Å²) in [6.07, 6.45) is 4.85. The van der Waals surface area contributed by atoms with Crippen LogP contribution in [0.15, 0.2) is 35.2 Å². The number of aromatic nitrogens is 3. The molecule has 0 fully saturated rings. The van der Waals surface area contributed by atoms with E-state index in [0.29, 0.717) is 16.8 Å². The average Bonchev–Trinajstić information content (AvgIpc) is 3.10. The molecule has 3 aromatic rings. The van der Waals surface area contributed by atoms with Crippen molar-refractivity contribution < 1.29 is 14.3 Å². The molecule has 7 nitrogen and oxygen atoms in total. The molecular weight excluding hydrogens is 272 g/mol. The Hall–Kier alpha value is -2.54.